The number of nitro benzene ring substituents is 1. The van der Waals surface area contributed by atoms with Gasteiger partial charge in [0.15, 0.2) is 5.16 Å². The summed E-state index contributed by atoms with van der Waals surface area (Å²) in [5.74, 6) is -1.14. The third kappa shape index (κ3) is 3.67. The number of fused-ring (bicyclic) bond motifs is 1. The monoisotopic (exact) mass is 374 g/mol. The van der Waals surface area contributed by atoms with Crippen molar-refractivity contribution in [3.63, 3.8) is 0 Å². The van der Waals surface area contributed by atoms with Gasteiger partial charge in [0, 0.05) is 6.54 Å². The van der Waals surface area contributed by atoms with Crippen LogP contribution in [0.5, 0.6) is 0 Å². The van der Waals surface area contributed by atoms with Crippen molar-refractivity contribution in [1.29, 1.82) is 0 Å². The van der Waals surface area contributed by atoms with E-state index in [-0.39, 0.29) is 11.4 Å². The molecule has 9 heteroatoms. The molecule has 0 saturated heterocycles. The molecular formula is C17H15FN4O3S. The van der Waals surface area contributed by atoms with E-state index in [1.165, 1.54) is 17.8 Å². The number of benzene rings is 2. The molecule has 1 heterocycles. The number of anilines is 1. The number of amides is 1. The van der Waals surface area contributed by atoms with Crippen molar-refractivity contribution in [2.45, 2.75) is 18.6 Å². The van der Waals surface area contributed by atoms with Crippen molar-refractivity contribution in [2.75, 3.05) is 11.1 Å². The van der Waals surface area contributed by atoms with Gasteiger partial charge in [-0.15, -0.1) is 0 Å². The Labute approximate surface area is 152 Å². The second kappa shape index (κ2) is 7.52. The van der Waals surface area contributed by atoms with E-state index >= 15 is 0 Å². The van der Waals surface area contributed by atoms with E-state index in [0.29, 0.717) is 11.7 Å². The minimum absolute atomic E-state index is 0.0256. The largest absolute Gasteiger partial charge is 0.320 e. The first-order valence-electron chi connectivity index (χ1n) is 7.81. The van der Waals surface area contributed by atoms with Crippen molar-refractivity contribution >= 4 is 40.1 Å². The van der Waals surface area contributed by atoms with Crippen LogP contribution in [-0.4, -0.2) is 26.1 Å². The number of para-hydroxylation sites is 2. The molecule has 134 valence electrons. The molecule has 1 aromatic heterocycles. The number of rotatable bonds is 6. The number of carbonyl (C=O) groups excluding carboxylic acids is 1. The summed E-state index contributed by atoms with van der Waals surface area (Å²) in [7, 11) is 0. The first kappa shape index (κ1) is 17.9. The molecule has 1 N–H and O–H groups in total. The number of aromatic nitrogens is 2. The van der Waals surface area contributed by atoms with Gasteiger partial charge in [0.2, 0.25) is 5.91 Å². The standard InChI is InChI=1S/C17H15FN4O3S/c1-2-21-14-6-4-3-5-12(14)20-17(21)26-10-16(23)19-13-8-7-11(18)9-15(13)22(24)25/h3-9H,2,10H2,1H3,(H,19,23). The summed E-state index contributed by atoms with van der Waals surface area (Å²) in [6.45, 7) is 2.69. The van der Waals surface area contributed by atoms with E-state index < -0.39 is 22.3 Å². The summed E-state index contributed by atoms with van der Waals surface area (Å²) < 4.78 is 15.2. The van der Waals surface area contributed by atoms with Crippen LogP contribution in [0.15, 0.2) is 47.6 Å². The number of hydrogen-bond donors (Lipinski definition) is 1. The number of hydrogen-bond acceptors (Lipinski definition) is 5. The lowest BCUT2D eigenvalue weighted by Crippen LogP contribution is -2.15. The lowest BCUT2D eigenvalue weighted by molar-refractivity contribution is -0.384. The summed E-state index contributed by atoms with van der Waals surface area (Å²) in [5, 5.41) is 14.1. The molecule has 0 aliphatic heterocycles. The molecule has 0 aliphatic carbocycles. The van der Waals surface area contributed by atoms with Crippen molar-refractivity contribution in [1.82, 2.24) is 9.55 Å². The summed E-state index contributed by atoms with van der Waals surface area (Å²) >= 11 is 1.24. The minimum atomic E-state index is -0.735. The summed E-state index contributed by atoms with van der Waals surface area (Å²) in [6.07, 6.45) is 0. The number of halogens is 1. The summed E-state index contributed by atoms with van der Waals surface area (Å²) in [4.78, 5) is 26.9. The molecule has 0 radical (unpaired) electrons. The zero-order valence-corrected chi connectivity index (χ0v) is 14.6. The number of aryl methyl sites for hydroxylation is 1. The molecule has 0 spiro atoms. The zero-order chi connectivity index (χ0) is 18.7. The first-order valence-corrected chi connectivity index (χ1v) is 8.80. The van der Waals surface area contributed by atoms with E-state index in [2.05, 4.69) is 10.3 Å². The Morgan fingerprint density at radius 1 is 1.35 bits per heavy atom. The highest BCUT2D eigenvalue weighted by Gasteiger charge is 2.18. The highest BCUT2D eigenvalue weighted by Crippen LogP contribution is 2.27. The molecule has 0 aliphatic rings. The van der Waals surface area contributed by atoms with Crippen LogP contribution in [0, 0.1) is 15.9 Å². The van der Waals surface area contributed by atoms with Gasteiger partial charge in [-0.2, -0.15) is 0 Å². The predicted octanol–water partition coefficient (Wildman–Crippen LogP) is 3.83. The number of nitrogens with one attached hydrogen (secondary N) is 1. The second-order valence-corrected chi connectivity index (χ2v) is 6.33. The molecule has 0 unspecified atom stereocenters. The van der Waals surface area contributed by atoms with Gasteiger partial charge in [-0.1, -0.05) is 23.9 Å². The highest BCUT2D eigenvalue weighted by molar-refractivity contribution is 7.99. The quantitative estimate of drug-likeness (QED) is 0.402. The normalized spacial score (nSPS) is 10.8. The average molecular weight is 374 g/mol. The Balaban J connectivity index is 1.73. The van der Waals surface area contributed by atoms with E-state index in [1.807, 2.05) is 35.8 Å². The molecule has 3 rings (SSSR count). The van der Waals surface area contributed by atoms with E-state index in [4.69, 9.17) is 0 Å². The fourth-order valence-electron chi connectivity index (χ4n) is 2.55. The predicted molar refractivity (Wildman–Crippen MR) is 97.8 cm³/mol. The number of nitrogens with zero attached hydrogens (tertiary/aromatic N) is 3. The van der Waals surface area contributed by atoms with Crippen molar-refractivity contribution in [3.8, 4) is 0 Å². The molecule has 0 atom stereocenters. The van der Waals surface area contributed by atoms with E-state index in [0.717, 1.165) is 23.2 Å². The van der Waals surface area contributed by atoms with Gasteiger partial charge >= 0.3 is 0 Å². The fourth-order valence-corrected chi connectivity index (χ4v) is 3.43. The SMILES string of the molecule is CCn1c(SCC(=O)Nc2ccc(F)cc2[N+](=O)[O-])nc2ccccc21. The minimum Gasteiger partial charge on any atom is -0.320 e. The van der Waals surface area contributed by atoms with Gasteiger partial charge < -0.3 is 9.88 Å². The molecular weight excluding hydrogens is 359 g/mol. The fraction of sp³-hybridized carbons (Fsp3) is 0.176. The van der Waals surface area contributed by atoms with Gasteiger partial charge in [0.05, 0.1) is 27.8 Å². The van der Waals surface area contributed by atoms with Crippen LogP contribution in [0.2, 0.25) is 0 Å². The Morgan fingerprint density at radius 2 is 2.12 bits per heavy atom. The number of carbonyl (C=O) groups is 1. The van der Waals surface area contributed by atoms with Gasteiger partial charge in [-0.3, -0.25) is 14.9 Å². The average Bonchev–Trinajstić information content (AvgIpc) is 2.98. The molecule has 3 aromatic rings. The van der Waals surface area contributed by atoms with Crippen molar-refractivity contribution < 1.29 is 14.1 Å². The lowest BCUT2D eigenvalue weighted by atomic mass is 10.2. The maximum atomic E-state index is 13.2. The number of nitro groups is 1. The lowest BCUT2D eigenvalue weighted by Gasteiger charge is -2.07. The van der Waals surface area contributed by atoms with Gasteiger partial charge in [0.1, 0.15) is 11.5 Å². The zero-order valence-electron chi connectivity index (χ0n) is 13.8. The summed E-state index contributed by atoms with van der Waals surface area (Å²) in [6, 6.07) is 10.7. The molecule has 7 nitrogen and oxygen atoms in total. The first-order chi connectivity index (χ1) is 12.5. The van der Waals surface area contributed by atoms with Crippen LogP contribution in [0.1, 0.15) is 6.92 Å². The third-order valence-corrected chi connectivity index (χ3v) is 4.68. The smallest absolute Gasteiger partial charge is 0.295 e. The van der Waals surface area contributed by atoms with Crippen LogP contribution < -0.4 is 5.32 Å². The maximum Gasteiger partial charge on any atom is 0.295 e. The van der Waals surface area contributed by atoms with Gasteiger partial charge in [-0.05, 0) is 31.2 Å². The van der Waals surface area contributed by atoms with Crippen LogP contribution >= 0.6 is 11.8 Å². The van der Waals surface area contributed by atoms with Crippen molar-refractivity contribution in [3.05, 3.63) is 58.4 Å². The molecule has 2 aromatic carbocycles. The summed E-state index contributed by atoms with van der Waals surface area (Å²) in [5.41, 5.74) is 1.30. The van der Waals surface area contributed by atoms with Crippen LogP contribution in [0.3, 0.4) is 0 Å². The third-order valence-electron chi connectivity index (χ3n) is 3.70. The van der Waals surface area contributed by atoms with E-state index in [1.54, 1.807) is 0 Å². The second-order valence-electron chi connectivity index (χ2n) is 5.38. The number of thioether (sulfide) groups is 1. The Kier molecular flexibility index (Phi) is 5.17. The van der Waals surface area contributed by atoms with Gasteiger partial charge in [-0.25, -0.2) is 9.37 Å². The number of imidazole rings is 1. The Hall–Kier alpha value is -2.94. The van der Waals surface area contributed by atoms with E-state index in [9.17, 15) is 19.3 Å². The highest BCUT2D eigenvalue weighted by atomic mass is 32.2. The van der Waals surface area contributed by atoms with Crippen molar-refractivity contribution in [2.24, 2.45) is 0 Å². The van der Waals surface area contributed by atoms with Crippen LogP contribution in [0.25, 0.3) is 11.0 Å². The molecule has 0 bridgehead atoms. The Morgan fingerprint density at radius 3 is 2.85 bits per heavy atom. The molecule has 1 amide bonds. The van der Waals surface area contributed by atoms with Crippen LogP contribution in [0.4, 0.5) is 15.8 Å². The maximum absolute atomic E-state index is 13.2. The molecule has 26 heavy (non-hydrogen) atoms. The topological polar surface area (TPSA) is 90.1 Å². The van der Waals surface area contributed by atoms with Gasteiger partial charge in [0.25, 0.3) is 5.69 Å². The Bertz CT molecular complexity index is 989. The molecule has 0 saturated carbocycles. The molecule has 0 fully saturated rings. The van der Waals surface area contributed by atoms with Crippen LogP contribution in [-0.2, 0) is 11.3 Å².